The molecule has 2 nitrogen and oxygen atoms in total. The Morgan fingerprint density at radius 2 is 1.37 bits per heavy atom. The highest BCUT2D eigenvalue weighted by atomic mass is 35.5. The smallest absolute Gasteiger partial charge is 0.0468 e. The van der Waals surface area contributed by atoms with Crippen LogP contribution in [0, 0.1) is 0 Å². The lowest BCUT2D eigenvalue weighted by molar-refractivity contribution is 1.48. The third kappa shape index (κ3) is 2.64. The second kappa shape index (κ2) is 5.21. The van der Waals surface area contributed by atoms with Crippen LogP contribution < -0.4 is 0 Å². The Morgan fingerprint density at radius 3 is 2.16 bits per heavy atom. The minimum atomic E-state index is 0.773. The van der Waals surface area contributed by atoms with Crippen LogP contribution >= 0.6 is 11.6 Å². The SMILES string of the molecule is Clc1ccc2cc[nH]c2c1.c1ccc2[nH]ccc2c1. The van der Waals surface area contributed by atoms with Crippen molar-refractivity contribution < 1.29 is 0 Å². The first kappa shape index (κ1) is 11.9. The summed E-state index contributed by atoms with van der Waals surface area (Å²) in [5, 5.41) is 3.25. The van der Waals surface area contributed by atoms with E-state index in [2.05, 4.69) is 28.2 Å². The highest BCUT2D eigenvalue weighted by molar-refractivity contribution is 6.31. The maximum Gasteiger partial charge on any atom is 0.0468 e. The number of H-pyrrole nitrogens is 2. The zero-order valence-corrected chi connectivity index (χ0v) is 11.0. The van der Waals surface area contributed by atoms with Gasteiger partial charge in [0.1, 0.15) is 0 Å². The highest BCUT2D eigenvalue weighted by Crippen LogP contribution is 2.16. The molecule has 94 valence electrons. The summed E-state index contributed by atoms with van der Waals surface area (Å²) in [6.07, 6.45) is 3.85. The van der Waals surface area contributed by atoms with Crippen molar-refractivity contribution in [1.29, 1.82) is 0 Å². The molecule has 0 saturated heterocycles. The molecule has 0 aliphatic rings. The Hall–Kier alpha value is -2.19. The summed E-state index contributed by atoms with van der Waals surface area (Å²) in [5.41, 5.74) is 2.30. The van der Waals surface area contributed by atoms with Gasteiger partial charge in [-0.15, -0.1) is 0 Å². The minimum absolute atomic E-state index is 0.773. The Labute approximate surface area is 116 Å². The molecule has 0 saturated carbocycles. The van der Waals surface area contributed by atoms with Crippen LogP contribution in [-0.4, -0.2) is 9.97 Å². The zero-order chi connectivity index (χ0) is 13.1. The lowest BCUT2D eigenvalue weighted by Gasteiger charge is -1.88. The van der Waals surface area contributed by atoms with Gasteiger partial charge >= 0.3 is 0 Å². The number of nitrogens with one attached hydrogen (secondary N) is 2. The molecule has 3 heteroatoms. The predicted octanol–water partition coefficient (Wildman–Crippen LogP) is 4.99. The zero-order valence-electron chi connectivity index (χ0n) is 10.2. The van der Waals surface area contributed by atoms with E-state index in [0.717, 1.165) is 10.5 Å². The maximum absolute atomic E-state index is 5.76. The highest BCUT2D eigenvalue weighted by Gasteiger charge is 1.92. The fourth-order valence-corrected chi connectivity index (χ4v) is 2.19. The Morgan fingerprint density at radius 1 is 0.684 bits per heavy atom. The van der Waals surface area contributed by atoms with Gasteiger partial charge in [0.15, 0.2) is 0 Å². The number of rotatable bonds is 0. The van der Waals surface area contributed by atoms with E-state index in [9.17, 15) is 0 Å². The second-order valence-corrected chi connectivity index (χ2v) is 4.71. The van der Waals surface area contributed by atoms with Crippen molar-refractivity contribution >= 4 is 33.4 Å². The van der Waals surface area contributed by atoms with E-state index >= 15 is 0 Å². The molecule has 19 heavy (non-hydrogen) atoms. The summed E-state index contributed by atoms with van der Waals surface area (Å²) in [6, 6.07) is 18.1. The van der Waals surface area contributed by atoms with Crippen LogP contribution in [0.5, 0.6) is 0 Å². The standard InChI is InChI=1S/C8H6ClN.C8H7N/c9-7-2-1-6-3-4-10-8(6)5-7;1-2-4-8-7(3-1)5-6-9-8/h1-5,10H;1-6,9H. The quantitative estimate of drug-likeness (QED) is 0.450. The Bertz CT molecular complexity index is 768. The summed E-state index contributed by atoms with van der Waals surface area (Å²) in [4.78, 5) is 6.20. The summed E-state index contributed by atoms with van der Waals surface area (Å²) in [7, 11) is 0. The number of aromatic amines is 2. The van der Waals surface area contributed by atoms with E-state index in [0.29, 0.717) is 0 Å². The van der Waals surface area contributed by atoms with Gasteiger partial charge in [-0.2, -0.15) is 0 Å². The molecular weight excluding hydrogens is 256 g/mol. The number of hydrogen-bond acceptors (Lipinski definition) is 0. The molecule has 2 aromatic carbocycles. The first-order valence-corrected chi connectivity index (χ1v) is 6.45. The van der Waals surface area contributed by atoms with Gasteiger partial charge in [-0.05, 0) is 41.1 Å². The minimum Gasteiger partial charge on any atom is -0.361 e. The number of para-hydroxylation sites is 1. The van der Waals surface area contributed by atoms with E-state index in [1.807, 2.05) is 48.8 Å². The van der Waals surface area contributed by atoms with Crippen molar-refractivity contribution in [1.82, 2.24) is 9.97 Å². The molecule has 0 amide bonds. The normalized spacial score (nSPS) is 10.4. The molecule has 0 unspecified atom stereocenters. The van der Waals surface area contributed by atoms with E-state index in [1.165, 1.54) is 16.3 Å². The van der Waals surface area contributed by atoms with Gasteiger partial charge in [0.25, 0.3) is 0 Å². The van der Waals surface area contributed by atoms with Crippen LogP contribution in [0.1, 0.15) is 0 Å². The Kier molecular flexibility index (Phi) is 3.25. The summed E-state index contributed by atoms with van der Waals surface area (Å²) >= 11 is 5.76. The molecule has 0 aliphatic heterocycles. The van der Waals surface area contributed by atoms with Crippen molar-refractivity contribution in [3.63, 3.8) is 0 Å². The van der Waals surface area contributed by atoms with Crippen molar-refractivity contribution in [2.45, 2.75) is 0 Å². The lowest BCUT2D eigenvalue weighted by Crippen LogP contribution is -1.65. The summed E-state index contributed by atoms with van der Waals surface area (Å²) in [6.45, 7) is 0. The van der Waals surface area contributed by atoms with Crippen LogP contribution in [0.25, 0.3) is 21.8 Å². The first-order valence-electron chi connectivity index (χ1n) is 6.08. The third-order valence-corrected chi connectivity index (χ3v) is 3.21. The van der Waals surface area contributed by atoms with Crippen LogP contribution in [0.3, 0.4) is 0 Å². The van der Waals surface area contributed by atoms with E-state index < -0.39 is 0 Å². The van der Waals surface area contributed by atoms with E-state index in [-0.39, 0.29) is 0 Å². The summed E-state index contributed by atoms with van der Waals surface area (Å²) < 4.78 is 0. The van der Waals surface area contributed by atoms with Gasteiger partial charge < -0.3 is 9.97 Å². The summed E-state index contributed by atoms with van der Waals surface area (Å²) in [5.74, 6) is 0. The van der Waals surface area contributed by atoms with Gasteiger partial charge in [0.2, 0.25) is 0 Å². The van der Waals surface area contributed by atoms with Gasteiger partial charge in [-0.3, -0.25) is 0 Å². The average molecular weight is 269 g/mol. The first-order chi connectivity index (χ1) is 9.33. The fourth-order valence-electron chi connectivity index (χ4n) is 2.02. The number of aromatic nitrogens is 2. The van der Waals surface area contributed by atoms with Gasteiger partial charge in [0.05, 0.1) is 0 Å². The molecule has 0 spiro atoms. The molecule has 4 rings (SSSR count). The van der Waals surface area contributed by atoms with Crippen molar-refractivity contribution in [3.05, 3.63) is 72.0 Å². The van der Waals surface area contributed by atoms with Gasteiger partial charge in [-0.1, -0.05) is 35.9 Å². The molecule has 0 atom stereocenters. The largest absolute Gasteiger partial charge is 0.361 e. The number of benzene rings is 2. The number of halogens is 1. The molecule has 2 heterocycles. The number of hydrogen-bond donors (Lipinski definition) is 2. The second-order valence-electron chi connectivity index (χ2n) is 4.27. The number of fused-ring (bicyclic) bond motifs is 2. The predicted molar refractivity (Wildman–Crippen MR) is 81.6 cm³/mol. The molecule has 0 bridgehead atoms. The van der Waals surface area contributed by atoms with Crippen LogP contribution in [-0.2, 0) is 0 Å². The Balaban J connectivity index is 0.000000117. The van der Waals surface area contributed by atoms with E-state index in [1.54, 1.807) is 0 Å². The molecule has 4 aromatic rings. The molecule has 0 aliphatic carbocycles. The molecule has 0 fully saturated rings. The van der Waals surface area contributed by atoms with Crippen LogP contribution in [0.15, 0.2) is 67.0 Å². The van der Waals surface area contributed by atoms with Crippen molar-refractivity contribution in [3.8, 4) is 0 Å². The molecule has 2 N–H and O–H groups in total. The topological polar surface area (TPSA) is 31.6 Å². The lowest BCUT2D eigenvalue weighted by atomic mass is 10.2. The van der Waals surface area contributed by atoms with Crippen molar-refractivity contribution in [2.24, 2.45) is 0 Å². The van der Waals surface area contributed by atoms with Crippen molar-refractivity contribution in [2.75, 3.05) is 0 Å². The fraction of sp³-hybridized carbons (Fsp3) is 0. The molecule has 0 radical (unpaired) electrons. The average Bonchev–Trinajstić information content (AvgIpc) is 3.07. The van der Waals surface area contributed by atoms with E-state index in [4.69, 9.17) is 11.6 Å². The monoisotopic (exact) mass is 268 g/mol. The van der Waals surface area contributed by atoms with Crippen LogP contribution in [0.2, 0.25) is 5.02 Å². The van der Waals surface area contributed by atoms with Crippen LogP contribution in [0.4, 0.5) is 0 Å². The maximum atomic E-state index is 5.76. The molecule has 2 aromatic heterocycles. The van der Waals surface area contributed by atoms with Gasteiger partial charge in [-0.25, -0.2) is 0 Å². The van der Waals surface area contributed by atoms with Gasteiger partial charge in [0, 0.05) is 28.4 Å². The molecular formula is C16H13ClN2. The third-order valence-electron chi connectivity index (χ3n) is 2.98.